The smallest absolute Gasteiger partial charge is 0.271 e. The molecule has 1 aliphatic rings. The van der Waals surface area contributed by atoms with Gasteiger partial charge in [-0.3, -0.25) is 4.79 Å². The Morgan fingerprint density at radius 2 is 1.64 bits per heavy atom. The molecule has 0 aliphatic heterocycles. The molecule has 1 saturated carbocycles. The van der Waals surface area contributed by atoms with Gasteiger partial charge in [-0.1, -0.05) is 44.6 Å². The number of rotatable bonds is 3. The highest BCUT2D eigenvalue weighted by Gasteiger charge is 2.12. The Kier molecular flexibility index (Phi) is 6.68. The average Bonchev–Trinajstić information content (AvgIpc) is 2.60. The van der Waals surface area contributed by atoms with Crippen molar-refractivity contribution in [3.8, 4) is 0 Å². The predicted octanol–water partition coefficient (Wildman–Crippen LogP) is 3.25. The number of hydrogen-bond donors (Lipinski definition) is 3. The van der Waals surface area contributed by atoms with Gasteiger partial charge in [0.25, 0.3) is 5.91 Å². The van der Waals surface area contributed by atoms with Gasteiger partial charge in [0.1, 0.15) is 11.6 Å². The van der Waals surface area contributed by atoms with Crippen molar-refractivity contribution >= 4 is 23.2 Å². The predicted molar refractivity (Wildman–Crippen MR) is 99.7 cm³/mol. The second-order valence-corrected chi connectivity index (χ2v) is 6.24. The van der Waals surface area contributed by atoms with Crippen LogP contribution >= 0.6 is 0 Å². The van der Waals surface area contributed by atoms with E-state index in [1.54, 1.807) is 6.07 Å². The first-order valence-corrected chi connectivity index (χ1v) is 8.61. The highest BCUT2D eigenvalue weighted by molar-refractivity contribution is 5.97. The van der Waals surface area contributed by atoms with Gasteiger partial charge in [-0.25, -0.2) is 4.98 Å². The second kappa shape index (κ2) is 8.96. The van der Waals surface area contributed by atoms with Gasteiger partial charge in [0.05, 0.1) is 5.69 Å². The number of aromatic nitrogens is 3. The van der Waals surface area contributed by atoms with Crippen LogP contribution in [0, 0.1) is 13.8 Å². The Labute approximate surface area is 148 Å². The molecule has 25 heavy (non-hydrogen) atoms. The van der Waals surface area contributed by atoms with Gasteiger partial charge in [0.15, 0.2) is 5.69 Å². The zero-order valence-electron chi connectivity index (χ0n) is 14.9. The van der Waals surface area contributed by atoms with Gasteiger partial charge in [-0.2, -0.15) is 0 Å². The first-order valence-electron chi connectivity index (χ1n) is 8.61. The minimum Gasteiger partial charge on any atom is -0.382 e. The summed E-state index contributed by atoms with van der Waals surface area (Å²) < 4.78 is 0. The fourth-order valence-electron chi connectivity index (χ4n) is 2.58. The number of carbonyl (C=O) groups excluding carboxylic acids is 1. The quantitative estimate of drug-likeness (QED) is 0.787. The van der Waals surface area contributed by atoms with Crippen molar-refractivity contribution in [2.24, 2.45) is 5.73 Å². The van der Waals surface area contributed by atoms with Crippen molar-refractivity contribution in [1.82, 2.24) is 15.2 Å². The van der Waals surface area contributed by atoms with Crippen molar-refractivity contribution < 1.29 is 4.79 Å². The monoisotopic (exact) mass is 342 g/mol. The van der Waals surface area contributed by atoms with Crippen LogP contribution in [0.5, 0.6) is 0 Å². The molecule has 2 heterocycles. The molecule has 134 valence electrons. The third-order valence-electron chi connectivity index (χ3n) is 4.16. The van der Waals surface area contributed by atoms with E-state index in [9.17, 15) is 4.79 Å². The summed E-state index contributed by atoms with van der Waals surface area (Å²) in [6.45, 7) is 3.86. The Morgan fingerprint density at radius 3 is 2.16 bits per heavy atom. The van der Waals surface area contributed by atoms with Crippen LogP contribution in [-0.4, -0.2) is 21.1 Å². The van der Waals surface area contributed by atoms with Gasteiger partial charge in [-0.05, 0) is 25.5 Å². The number of hydrogen-bond acceptors (Lipinski definition) is 6. The number of primary amides is 1. The minimum atomic E-state index is -0.682. The Balaban J connectivity index is 0.000000316. The molecule has 3 rings (SSSR count). The Hall–Kier alpha value is -2.70. The molecule has 0 radical (unpaired) electrons. The van der Waals surface area contributed by atoms with Crippen molar-refractivity contribution in [1.29, 1.82) is 0 Å². The highest BCUT2D eigenvalue weighted by atomic mass is 16.1. The van der Waals surface area contributed by atoms with E-state index in [0.29, 0.717) is 11.5 Å². The van der Waals surface area contributed by atoms with E-state index in [1.807, 2.05) is 19.9 Å². The number of carbonyl (C=O) groups is 1. The van der Waals surface area contributed by atoms with E-state index in [2.05, 4.69) is 20.5 Å². The number of nitrogens with two attached hydrogens (primary N) is 2. The largest absolute Gasteiger partial charge is 0.382 e. The molecule has 7 heteroatoms. The third kappa shape index (κ3) is 5.70. The molecular weight excluding hydrogens is 316 g/mol. The lowest BCUT2D eigenvalue weighted by atomic mass is 10.0. The summed E-state index contributed by atoms with van der Waals surface area (Å²) in [5, 5.41) is 10.2. The summed E-state index contributed by atoms with van der Waals surface area (Å²) in [7, 11) is 0. The first kappa shape index (κ1) is 18.6. The summed E-state index contributed by atoms with van der Waals surface area (Å²) in [5.41, 5.74) is 13.2. The summed E-state index contributed by atoms with van der Waals surface area (Å²) >= 11 is 0. The van der Waals surface area contributed by atoms with Crippen LogP contribution in [0.2, 0.25) is 0 Å². The number of nitrogen functional groups attached to an aromatic ring is 1. The summed E-state index contributed by atoms with van der Waals surface area (Å²) in [6.07, 6.45) is 9.00. The molecule has 0 aromatic carbocycles. The number of amides is 1. The fourth-order valence-corrected chi connectivity index (χ4v) is 2.58. The maximum Gasteiger partial charge on any atom is 0.271 e. The van der Waals surface area contributed by atoms with Gasteiger partial charge in [0, 0.05) is 11.8 Å². The van der Waals surface area contributed by atoms with Crippen molar-refractivity contribution in [2.45, 2.75) is 52.4 Å². The van der Waals surface area contributed by atoms with Crippen LogP contribution in [0.1, 0.15) is 60.3 Å². The molecule has 1 aliphatic carbocycles. The summed E-state index contributed by atoms with van der Waals surface area (Å²) in [5.74, 6) is 0.0909. The Morgan fingerprint density at radius 1 is 1.04 bits per heavy atom. The molecule has 0 atom stereocenters. The van der Waals surface area contributed by atoms with E-state index in [-0.39, 0.29) is 11.5 Å². The van der Waals surface area contributed by atoms with Gasteiger partial charge in [0.2, 0.25) is 0 Å². The first-order chi connectivity index (χ1) is 12.0. The van der Waals surface area contributed by atoms with Crippen molar-refractivity contribution in [3.63, 3.8) is 0 Å². The molecular formula is C18H26N6O. The number of nitrogens with one attached hydrogen (secondary N) is 1. The third-order valence-corrected chi connectivity index (χ3v) is 4.16. The molecule has 0 spiro atoms. The molecule has 2 aromatic rings. The number of pyridine rings is 1. The zero-order chi connectivity index (χ0) is 18.2. The topological polar surface area (TPSA) is 120 Å². The molecule has 0 unspecified atom stereocenters. The van der Waals surface area contributed by atoms with Crippen LogP contribution in [0.15, 0.2) is 18.2 Å². The van der Waals surface area contributed by atoms with Gasteiger partial charge in [-0.15, -0.1) is 10.2 Å². The number of nitrogens with zero attached hydrogens (tertiary/aromatic N) is 3. The maximum atomic E-state index is 11.3. The zero-order valence-corrected chi connectivity index (χ0v) is 14.9. The standard InChI is InChI=1S/C12H14N6O.C6H12/c1-6-3-4-10(15-7(6)2)16-8-5-9(13)17-18-11(8)12(14)19;1-2-4-6-5-3-1/h3-5H,1-2H3,(H2,14,19)(H3,13,15,16,17);1-6H2. The lowest BCUT2D eigenvalue weighted by Gasteiger charge is -2.10. The van der Waals surface area contributed by atoms with E-state index >= 15 is 0 Å². The molecule has 5 N–H and O–H groups in total. The summed E-state index contributed by atoms with van der Waals surface area (Å²) in [4.78, 5) is 15.6. The van der Waals surface area contributed by atoms with Gasteiger partial charge < -0.3 is 16.8 Å². The lowest BCUT2D eigenvalue weighted by molar-refractivity contribution is 0.0995. The van der Waals surface area contributed by atoms with Crippen molar-refractivity contribution in [3.05, 3.63) is 35.2 Å². The second-order valence-electron chi connectivity index (χ2n) is 6.24. The number of aryl methyl sites for hydroxylation is 2. The van der Waals surface area contributed by atoms with Crippen molar-refractivity contribution in [2.75, 3.05) is 11.1 Å². The number of anilines is 3. The molecule has 1 fully saturated rings. The van der Waals surface area contributed by atoms with Crippen LogP contribution in [-0.2, 0) is 0 Å². The fraction of sp³-hybridized carbons (Fsp3) is 0.444. The van der Waals surface area contributed by atoms with Crippen LogP contribution in [0.3, 0.4) is 0 Å². The van der Waals surface area contributed by atoms with E-state index < -0.39 is 5.91 Å². The van der Waals surface area contributed by atoms with Crippen LogP contribution in [0.25, 0.3) is 0 Å². The Bertz CT molecular complexity index is 716. The lowest BCUT2D eigenvalue weighted by Crippen LogP contribution is -2.17. The molecule has 7 nitrogen and oxygen atoms in total. The van der Waals surface area contributed by atoms with Crippen LogP contribution < -0.4 is 16.8 Å². The highest BCUT2D eigenvalue weighted by Crippen LogP contribution is 2.20. The van der Waals surface area contributed by atoms with Crippen LogP contribution in [0.4, 0.5) is 17.3 Å². The molecule has 0 saturated heterocycles. The van der Waals surface area contributed by atoms with Gasteiger partial charge >= 0.3 is 0 Å². The maximum absolute atomic E-state index is 11.3. The van der Waals surface area contributed by atoms with E-state index in [4.69, 9.17) is 11.5 Å². The normalized spacial score (nSPS) is 13.5. The average molecular weight is 342 g/mol. The SMILES string of the molecule is C1CCCCC1.Cc1ccc(Nc2cc(N)nnc2C(N)=O)nc1C. The van der Waals surface area contributed by atoms with E-state index in [0.717, 1.165) is 11.3 Å². The molecule has 2 aromatic heterocycles. The molecule has 0 bridgehead atoms. The molecule has 1 amide bonds. The minimum absolute atomic E-state index is 0.0224. The van der Waals surface area contributed by atoms with E-state index in [1.165, 1.54) is 44.6 Å². The summed E-state index contributed by atoms with van der Waals surface area (Å²) in [6, 6.07) is 5.21.